The Bertz CT molecular complexity index is 3330. The summed E-state index contributed by atoms with van der Waals surface area (Å²) in [5, 5.41) is 5.19. The average molecular weight is 947 g/mol. The molecular weight excluding hydrogens is 870 g/mol. The van der Waals surface area contributed by atoms with Gasteiger partial charge in [0.05, 0.1) is 22.4 Å². The number of fused-ring (bicyclic) bond motifs is 8. The SMILES string of the molecule is CC(C)(C)c1ccc(N2B(c3cc(C(C)(C)C)cc(C(C)(C)C)c3)n3c4ccccc4c4c5c6c(c2c43)c2ccccc2n6B(c2cc(C(C)(C)C)cc(C(C)(C)C)c2)N5c2ccc(C(C)(C)C)cc2)cc1. The predicted octanol–water partition coefficient (Wildman–Crippen LogP) is 16.5. The molecule has 0 saturated heterocycles. The second kappa shape index (κ2) is 15.7. The number of anilines is 4. The molecule has 0 N–H and O–H groups in total. The maximum Gasteiger partial charge on any atom is 0.420 e. The van der Waals surface area contributed by atoms with Crippen molar-refractivity contribution < 1.29 is 0 Å². The van der Waals surface area contributed by atoms with Crippen LogP contribution in [0.2, 0.25) is 0 Å². The minimum atomic E-state index is -0.167. The molecule has 11 rings (SSSR count). The number of para-hydroxylation sites is 2. The van der Waals surface area contributed by atoms with E-state index in [1.807, 2.05) is 0 Å². The molecule has 0 spiro atoms. The van der Waals surface area contributed by atoms with Crippen molar-refractivity contribution in [1.82, 2.24) is 8.96 Å². The molecule has 7 aromatic carbocycles. The van der Waals surface area contributed by atoms with E-state index >= 15 is 0 Å². The molecule has 6 heteroatoms. The largest absolute Gasteiger partial charge is 0.420 e. The van der Waals surface area contributed by atoms with Gasteiger partial charge in [-0.1, -0.05) is 222 Å². The van der Waals surface area contributed by atoms with Gasteiger partial charge in [0.25, 0.3) is 0 Å². The molecule has 0 bridgehead atoms. The standard InChI is InChI=1S/C66H76B2N4/c1-61(2,3)41-27-31-49(32-28-41)69-57-55-51-23-19-22-26-54(51)72-60(55)58(56-52-24-20-21-25-53(52)71(59(56)57)67(69)47-37-43(63(7,8)9)35-44(38-47)64(10,11)12)70(50-33-29-42(30-34-50)62(4,5)6)68(72)48-39-45(65(13,14)15)36-46(40-48)66(16,17)18/h19-40H,1-18H3. The Morgan fingerprint density at radius 1 is 0.306 bits per heavy atom. The summed E-state index contributed by atoms with van der Waals surface area (Å²) >= 11 is 0. The van der Waals surface area contributed by atoms with E-state index < -0.39 is 0 Å². The molecule has 0 unspecified atom stereocenters. The highest BCUT2D eigenvalue weighted by Crippen LogP contribution is 2.58. The van der Waals surface area contributed by atoms with Crippen LogP contribution in [0.5, 0.6) is 0 Å². The fraction of sp³-hybridized carbons (Fsp3) is 0.364. The summed E-state index contributed by atoms with van der Waals surface area (Å²) in [6.45, 7) is 42.0. The molecule has 0 aliphatic carbocycles. The zero-order chi connectivity index (χ0) is 51.6. The van der Waals surface area contributed by atoms with Crippen LogP contribution in [0.25, 0.3) is 43.6 Å². The first-order valence-electron chi connectivity index (χ1n) is 26.7. The second-order valence-corrected chi connectivity index (χ2v) is 27.7. The molecule has 2 aromatic heterocycles. The number of aromatic nitrogens is 2. The fourth-order valence-electron chi connectivity index (χ4n) is 11.9. The van der Waals surface area contributed by atoms with Gasteiger partial charge in [-0.3, -0.25) is 0 Å². The molecule has 0 amide bonds. The maximum atomic E-state index is 2.74. The Labute approximate surface area is 431 Å². The van der Waals surface area contributed by atoms with Crippen molar-refractivity contribution in [2.24, 2.45) is 0 Å². The van der Waals surface area contributed by atoms with E-state index in [1.54, 1.807) is 0 Å². The van der Waals surface area contributed by atoms with Gasteiger partial charge in [-0.25, -0.2) is 0 Å². The van der Waals surface area contributed by atoms with Crippen molar-refractivity contribution >= 4 is 91.3 Å². The molecule has 0 radical (unpaired) electrons. The molecule has 0 atom stereocenters. The van der Waals surface area contributed by atoms with Crippen molar-refractivity contribution in [3.05, 3.63) is 167 Å². The third-order valence-corrected chi connectivity index (χ3v) is 16.2. The van der Waals surface area contributed by atoms with Gasteiger partial charge in [0.2, 0.25) is 0 Å². The third-order valence-electron chi connectivity index (χ3n) is 16.2. The second-order valence-electron chi connectivity index (χ2n) is 27.7. The van der Waals surface area contributed by atoms with Gasteiger partial charge in [-0.05, 0) is 113 Å². The van der Waals surface area contributed by atoms with E-state index in [2.05, 4.69) is 277 Å². The third kappa shape index (κ3) is 7.47. The Kier molecular flexibility index (Phi) is 10.5. The Hall–Kier alpha value is -6.13. The van der Waals surface area contributed by atoms with Crippen LogP contribution in [-0.4, -0.2) is 22.9 Å². The maximum absolute atomic E-state index is 2.74. The summed E-state index contributed by atoms with van der Waals surface area (Å²) < 4.78 is 5.47. The molecule has 72 heavy (non-hydrogen) atoms. The van der Waals surface area contributed by atoms with E-state index in [0.717, 1.165) is 0 Å². The van der Waals surface area contributed by atoms with Crippen LogP contribution in [0.15, 0.2) is 133 Å². The smallest absolute Gasteiger partial charge is 0.359 e. The molecular formula is C66H76B2N4. The lowest BCUT2D eigenvalue weighted by Crippen LogP contribution is -2.49. The van der Waals surface area contributed by atoms with Gasteiger partial charge in [-0.15, -0.1) is 0 Å². The monoisotopic (exact) mass is 947 g/mol. The predicted molar refractivity (Wildman–Crippen MR) is 316 cm³/mol. The molecule has 4 heterocycles. The van der Waals surface area contributed by atoms with Crippen molar-refractivity contribution in [2.75, 3.05) is 9.62 Å². The average Bonchev–Trinajstić information content (AvgIpc) is 4.03. The number of hydrogen-bond acceptors (Lipinski definition) is 2. The highest BCUT2D eigenvalue weighted by Gasteiger charge is 2.49. The van der Waals surface area contributed by atoms with Gasteiger partial charge in [-0.2, -0.15) is 0 Å². The van der Waals surface area contributed by atoms with Gasteiger partial charge >= 0.3 is 14.0 Å². The highest BCUT2D eigenvalue weighted by atomic mass is 15.3. The number of hydrogen-bond donors (Lipinski definition) is 0. The Balaban J connectivity index is 1.34. The molecule has 2 aliphatic rings. The highest BCUT2D eigenvalue weighted by molar-refractivity contribution is 6.83. The van der Waals surface area contributed by atoms with Crippen LogP contribution in [0.4, 0.5) is 22.7 Å². The van der Waals surface area contributed by atoms with Gasteiger partial charge < -0.3 is 18.6 Å². The van der Waals surface area contributed by atoms with Gasteiger partial charge in [0, 0.05) is 44.0 Å². The zero-order valence-corrected chi connectivity index (χ0v) is 46.6. The zero-order valence-electron chi connectivity index (χ0n) is 46.6. The number of rotatable bonds is 4. The Morgan fingerprint density at radius 2 is 0.583 bits per heavy atom. The van der Waals surface area contributed by atoms with Crippen LogP contribution in [-0.2, 0) is 32.5 Å². The molecule has 4 nitrogen and oxygen atoms in total. The molecule has 366 valence electrons. The quantitative estimate of drug-likeness (QED) is 0.164. The normalized spacial score (nSPS) is 14.7. The molecule has 0 saturated carbocycles. The van der Waals surface area contributed by atoms with E-state index in [1.165, 1.54) is 111 Å². The minimum absolute atomic E-state index is 0.0160. The lowest BCUT2D eigenvalue weighted by Gasteiger charge is -2.32. The summed E-state index contributed by atoms with van der Waals surface area (Å²) in [5.74, 6) is 0. The lowest BCUT2D eigenvalue weighted by atomic mass is 9.63. The first kappa shape index (κ1) is 48.2. The first-order valence-corrected chi connectivity index (χ1v) is 26.7. The van der Waals surface area contributed by atoms with Crippen molar-refractivity contribution in [1.29, 1.82) is 0 Å². The van der Waals surface area contributed by atoms with Crippen LogP contribution >= 0.6 is 0 Å². The molecule has 9 aromatic rings. The van der Waals surface area contributed by atoms with Crippen molar-refractivity contribution in [3.8, 4) is 0 Å². The lowest BCUT2D eigenvalue weighted by molar-refractivity contribution is 0.569. The minimum Gasteiger partial charge on any atom is -0.359 e. The van der Waals surface area contributed by atoms with Gasteiger partial charge in [0.15, 0.2) is 0 Å². The van der Waals surface area contributed by atoms with Crippen LogP contribution in [0.3, 0.4) is 0 Å². The topological polar surface area (TPSA) is 16.3 Å². The summed E-state index contributed by atoms with van der Waals surface area (Å²) in [5.41, 5.74) is 20.6. The fourth-order valence-corrected chi connectivity index (χ4v) is 11.9. The summed E-state index contributed by atoms with van der Waals surface area (Å²) in [4.78, 5) is 5.47. The number of nitrogens with zero attached hydrogens (tertiary/aromatic N) is 4. The van der Waals surface area contributed by atoms with E-state index in [4.69, 9.17) is 0 Å². The summed E-state index contributed by atoms with van der Waals surface area (Å²) in [6.07, 6.45) is 0. The van der Waals surface area contributed by atoms with Crippen molar-refractivity contribution in [2.45, 2.75) is 157 Å². The first-order chi connectivity index (χ1) is 33.5. The summed E-state index contributed by atoms with van der Waals surface area (Å²) in [6, 6.07) is 52.8. The number of benzene rings is 7. The molecule has 0 fully saturated rings. The van der Waals surface area contributed by atoms with E-state index in [0.29, 0.717) is 0 Å². The van der Waals surface area contributed by atoms with E-state index in [9.17, 15) is 0 Å². The van der Waals surface area contributed by atoms with Crippen LogP contribution in [0, 0.1) is 0 Å². The molecule has 2 aliphatic heterocycles. The van der Waals surface area contributed by atoms with Crippen LogP contribution < -0.4 is 20.5 Å². The van der Waals surface area contributed by atoms with E-state index in [-0.39, 0.29) is 46.5 Å². The Morgan fingerprint density at radius 3 is 0.861 bits per heavy atom. The van der Waals surface area contributed by atoms with Crippen molar-refractivity contribution in [3.63, 3.8) is 0 Å². The summed E-state index contributed by atoms with van der Waals surface area (Å²) in [7, 11) is 0. The van der Waals surface area contributed by atoms with Gasteiger partial charge in [0.1, 0.15) is 0 Å². The van der Waals surface area contributed by atoms with Crippen LogP contribution in [0.1, 0.15) is 158 Å².